The minimum atomic E-state index is -0.230. The molecular weight excluding hydrogens is 458 g/mol. The number of aryl methyl sites for hydroxylation is 1. The van der Waals surface area contributed by atoms with E-state index in [2.05, 4.69) is 26.0 Å². The lowest BCUT2D eigenvalue weighted by Crippen LogP contribution is -2.22. The first-order chi connectivity index (χ1) is 14.0. The molecule has 0 radical (unpaired) electrons. The van der Waals surface area contributed by atoms with Gasteiger partial charge in [0.25, 0.3) is 5.56 Å². The van der Waals surface area contributed by atoms with Gasteiger partial charge in [0.05, 0.1) is 35.4 Å². The van der Waals surface area contributed by atoms with Gasteiger partial charge < -0.3 is 9.47 Å². The third-order valence-corrected chi connectivity index (χ3v) is 4.91. The molecule has 0 aliphatic heterocycles. The fraction of sp³-hybridized carbons (Fsp3) is 0.286. The van der Waals surface area contributed by atoms with Gasteiger partial charge in [-0.3, -0.25) is 4.79 Å². The number of rotatable bonds is 7. The molecular formula is C21H21BrClN3O3. The summed E-state index contributed by atoms with van der Waals surface area (Å²) in [5.74, 6) is 1.60. The SMILES string of the molecule is CCOc1cc(C=Nn2c(CC)nc3ccc(Br)cc3c2=O)cc(Cl)c1OCC. The molecule has 6 nitrogen and oxygen atoms in total. The maximum absolute atomic E-state index is 13.0. The van der Waals surface area contributed by atoms with Crippen molar-refractivity contribution in [3.05, 3.63) is 61.6 Å². The lowest BCUT2D eigenvalue weighted by atomic mass is 10.2. The fourth-order valence-corrected chi connectivity index (χ4v) is 3.51. The average molecular weight is 479 g/mol. The Kier molecular flexibility index (Phi) is 6.92. The third-order valence-electron chi connectivity index (χ3n) is 4.13. The average Bonchev–Trinajstić information content (AvgIpc) is 2.70. The van der Waals surface area contributed by atoms with Crippen molar-refractivity contribution in [1.82, 2.24) is 9.66 Å². The normalized spacial score (nSPS) is 11.3. The molecule has 0 atom stereocenters. The third kappa shape index (κ3) is 4.62. The summed E-state index contributed by atoms with van der Waals surface area (Å²) >= 11 is 9.76. The second-order valence-corrected chi connectivity index (χ2v) is 7.42. The summed E-state index contributed by atoms with van der Waals surface area (Å²) < 4.78 is 13.4. The lowest BCUT2D eigenvalue weighted by molar-refractivity contribution is 0.288. The second-order valence-electron chi connectivity index (χ2n) is 6.10. The van der Waals surface area contributed by atoms with Crippen molar-refractivity contribution in [2.75, 3.05) is 13.2 Å². The topological polar surface area (TPSA) is 65.7 Å². The van der Waals surface area contributed by atoms with E-state index >= 15 is 0 Å². The molecule has 8 heteroatoms. The highest BCUT2D eigenvalue weighted by molar-refractivity contribution is 9.10. The van der Waals surface area contributed by atoms with Gasteiger partial charge in [-0.25, -0.2) is 4.98 Å². The minimum Gasteiger partial charge on any atom is -0.490 e. The van der Waals surface area contributed by atoms with Crippen molar-refractivity contribution in [2.24, 2.45) is 5.10 Å². The van der Waals surface area contributed by atoms with Crippen LogP contribution in [-0.4, -0.2) is 29.1 Å². The zero-order valence-electron chi connectivity index (χ0n) is 16.4. The summed E-state index contributed by atoms with van der Waals surface area (Å²) in [5, 5.41) is 5.30. The number of hydrogen-bond donors (Lipinski definition) is 0. The molecule has 0 bridgehead atoms. The van der Waals surface area contributed by atoms with Crippen LogP contribution >= 0.6 is 27.5 Å². The molecule has 1 aromatic heterocycles. The fourth-order valence-electron chi connectivity index (χ4n) is 2.88. The molecule has 3 aromatic rings. The van der Waals surface area contributed by atoms with E-state index in [9.17, 15) is 4.79 Å². The standard InChI is InChI=1S/C21H21BrClN3O3/c1-4-19-25-17-8-7-14(22)11-15(17)21(27)26(19)24-12-13-9-16(23)20(29-6-3)18(10-13)28-5-2/h7-12H,4-6H2,1-3H3. The van der Waals surface area contributed by atoms with Gasteiger partial charge in [0.2, 0.25) is 0 Å². The summed E-state index contributed by atoms with van der Waals surface area (Å²) in [6.07, 6.45) is 2.13. The number of nitrogens with zero attached hydrogens (tertiary/aromatic N) is 3. The highest BCUT2D eigenvalue weighted by Crippen LogP contribution is 2.36. The Balaban J connectivity index is 2.09. The summed E-state index contributed by atoms with van der Waals surface area (Å²) in [6, 6.07) is 8.93. The van der Waals surface area contributed by atoms with Crippen molar-refractivity contribution in [2.45, 2.75) is 27.2 Å². The van der Waals surface area contributed by atoms with Crippen molar-refractivity contribution in [3.8, 4) is 11.5 Å². The largest absolute Gasteiger partial charge is 0.490 e. The van der Waals surface area contributed by atoms with Crippen LogP contribution in [0.25, 0.3) is 10.9 Å². The van der Waals surface area contributed by atoms with Crippen LogP contribution in [0, 0.1) is 0 Å². The van der Waals surface area contributed by atoms with Gasteiger partial charge in [0.15, 0.2) is 11.5 Å². The summed E-state index contributed by atoms with van der Waals surface area (Å²) in [6.45, 7) is 6.64. The molecule has 1 heterocycles. The van der Waals surface area contributed by atoms with Gasteiger partial charge in [0, 0.05) is 10.9 Å². The van der Waals surface area contributed by atoms with Crippen LogP contribution < -0.4 is 15.0 Å². The molecule has 3 rings (SSSR count). The van der Waals surface area contributed by atoms with Crippen LogP contribution in [0.3, 0.4) is 0 Å². The smallest absolute Gasteiger partial charge is 0.282 e. The van der Waals surface area contributed by atoms with E-state index in [-0.39, 0.29) is 5.56 Å². The van der Waals surface area contributed by atoms with Crippen molar-refractivity contribution < 1.29 is 9.47 Å². The van der Waals surface area contributed by atoms with Crippen molar-refractivity contribution >= 4 is 44.6 Å². The maximum Gasteiger partial charge on any atom is 0.282 e. The van der Waals surface area contributed by atoms with Crippen LogP contribution in [0.4, 0.5) is 0 Å². The Labute approximate surface area is 182 Å². The molecule has 0 aliphatic carbocycles. The first kappa shape index (κ1) is 21.3. The molecule has 29 heavy (non-hydrogen) atoms. The molecule has 0 saturated heterocycles. The predicted molar refractivity (Wildman–Crippen MR) is 120 cm³/mol. The highest BCUT2D eigenvalue weighted by atomic mass is 79.9. The predicted octanol–water partition coefficient (Wildman–Crippen LogP) is 5.05. The summed E-state index contributed by atoms with van der Waals surface area (Å²) in [4.78, 5) is 17.5. The van der Waals surface area contributed by atoms with Gasteiger partial charge in [-0.2, -0.15) is 9.78 Å². The Morgan fingerprint density at radius 3 is 2.62 bits per heavy atom. The van der Waals surface area contributed by atoms with E-state index in [1.54, 1.807) is 24.4 Å². The molecule has 152 valence electrons. The van der Waals surface area contributed by atoms with E-state index < -0.39 is 0 Å². The van der Waals surface area contributed by atoms with Crippen molar-refractivity contribution in [1.29, 1.82) is 0 Å². The quantitative estimate of drug-likeness (QED) is 0.446. The van der Waals surface area contributed by atoms with E-state index in [0.717, 1.165) is 4.47 Å². The number of benzene rings is 2. The molecule has 0 unspecified atom stereocenters. The Bertz CT molecular complexity index is 1130. The van der Waals surface area contributed by atoms with Crippen LogP contribution in [0.2, 0.25) is 5.02 Å². The maximum atomic E-state index is 13.0. The first-order valence-electron chi connectivity index (χ1n) is 9.33. The van der Waals surface area contributed by atoms with Gasteiger partial charge in [-0.1, -0.05) is 34.5 Å². The minimum absolute atomic E-state index is 0.230. The van der Waals surface area contributed by atoms with Gasteiger partial charge >= 0.3 is 0 Å². The molecule has 0 fully saturated rings. The van der Waals surface area contributed by atoms with Gasteiger partial charge in [-0.05, 0) is 49.7 Å². The Hall–Kier alpha value is -2.38. The van der Waals surface area contributed by atoms with E-state index in [4.69, 9.17) is 21.1 Å². The van der Waals surface area contributed by atoms with Crippen LogP contribution in [0.1, 0.15) is 32.2 Å². The van der Waals surface area contributed by atoms with E-state index in [1.807, 2.05) is 32.9 Å². The summed E-state index contributed by atoms with van der Waals surface area (Å²) in [7, 11) is 0. The zero-order chi connectivity index (χ0) is 21.0. The number of ether oxygens (including phenoxy) is 2. The number of aromatic nitrogens is 2. The second kappa shape index (κ2) is 9.41. The lowest BCUT2D eigenvalue weighted by Gasteiger charge is -2.13. The number of fused-ring (bicyclic) bond motifs is 1. The number of hydrogen-bond acceptors (Lipinski definition) is 5. The monoisotopic (exact) mass is 477 g/mol. The molecule has 0 amide bonds. The van der Waals surface area contributed by atoms with Gasteiger partial charge in [-0.15, -0.1) is 0 Å². The molecule has 0 spiro atoms. The molecule has 2 aromatic carbocycles. The first-order valence-corrected chi connectivity index (χ1v) is 10.5. The van der Waals surface area contributed by atoms with E-state index in [1.165, 1.54) is 4.68 Å². The number of halogens is 2. The molecule has 0 saturated carbocycles. The van der Waals surface area contributed by atoms with Gasteiger partial charge in [0.1, 0.15) is 5.82 Å². The van der Waals surface area contributed by atoms with Crippen molar-refractivity contribution in [3.63, 3.8) is 0 Å². The van der Waals surface area contributed by atoms with E-state index in [0.29, 0.717) is 58.4 Å². The highest BCUT2D eigenvalue weighted by Gasteiger charge is 2.13. The van der Waals surface area contributed by atoms with Crippen LogP contribution in [0.5, 0.6) is 11.5 Å². The summed E-state index contributed by atoms with van der Waals surface area (Å²) in [5.41, 5.74) is 1.10. The molecule has 0 aliphatic rings. The Morgan fingerprint density at radius 1 is 1.17 bits per heavy atom. The zero-order valence-corrected chi connectivity index (χ0v) is 18.7. The van der Waals surface area contributed by atoms with Crippen LogP contribution in [0.15, 0.2) is 44.7 Å². The Morgan fingerprint density at radius 2 is 1.93 bits per heavy atom. The molecule has 0 N–H and O–H groups in total. The van der Waals surface area contributed by atoms with Crippen LogP contribution in [-0.2, 0) is 6.42 Å².